The third-order valence-electron chi connectivity index (χ3n) is 5.27. The van der Waals surface area contributed by atoms with Crippen molar-refractivity contribution in [3.8, 4) is 0 Å². The van der Waals surface area contributed by atoms with E-state index in [9.17, 15) is 14.7 Å². The quantitative estimate of drug-likeness (QED) is 0.590. The van der Waals surface area contributed by atoms with Crippen molar-refractivity contribution < 1.29 is 19.8 Å². The van der Waals surface area contributed by atoms with Crippen molar-refractivity contribution in [2.45, 2.75) is 76.9 Å². The largest absolute Gasteiger partial charge is 0.478 e. The number of carboxylic acid groups (broad SMARTS) is 1. The molecule has 1 heterocycles. The Labute approximate surface area is 156 Å². The van der Waals surface area contributed by atoms with Crippen LogP contribution < -0.4 is 0 Å². The van der Waals surface area contributed by atoms with Gasteiger partial charge in [0.05, 0.1) is 11.7 Å². The van der Waals surface area contributed by atoms with Gasteiger partial charge in [0.25, 0.3) is 0 Å². The second kappa shape index (κ2) is 10.3. The molecule has 1 fully saturated rings. The van der Waals surface area contributed by atoms with Gasteiger partial charge in [-0.15, -0.1) is 0 Å². The van der Waals surface area contributed by atoms with Gasteiger partial charge in [0.1, 0.15) is 0 Å². The molecule has 0 aliphatic carbocycles. The summed E-state index contributed by atoms with van der Waals surface area (Å²) in [6, 6.07) is 7.07. The molecule has 0 unspecified atom stereocenters. The number of carbonyl (C=O) groups excluding carboxylic acids is 1. The Morgan fingerprint density at radius 3 is 2.62 bits per heavy atom. The number of rotatable bonds is 11. The Morgan fingerprint density at radius 2 is 1.96 bits per heavy atom. The lowest BCUT2D eigenvalue weighted by atomic mass is 10.0. The molecule has 5 nitrogen and oxygen atoms in total. The number of carbonyl (C=O) groups is 2. The van der Waals surface area contributed by atoms with E-state index < -0.39 is 5.97 Å². The van der Waals surface area contributed by atoms with Gasteiger partial charge < -0.3 is 15.1 Å². The summed E-state index contributed by atoms with van der Waals surface area (Å²) in [6.45, 7) is 2.81. The molecule has 26 heavy (non-hydrogen) atoms. The standard InChI is InChI=1S/C21H31NO4/c1-2-3-4-5-19(23)12-10-18-11-13-20(24)22(18)15-14-16-6-8-17(9-7-16)21(25)26/h6-9,18-19,23H,2-5,10-15H2,1H3,(H,25,26)/t18-,19-/m0/s1. The number of hydrogen-bond acceptors (Lipinski definition) is 3. The normalized spacial score (nSPS) is 18.3. The zero-order valence-corrected chi connectivity index (χ0v) is 15.7. The molecule has 1 saturated heterocycles. The van der Waals surface area contributed by atoms with Crippen molar-refractivity contribution in [2.75, 3.05) is 6.54 Å². The van der Waals surface area contributed by atoms with Crippen molar-refractivity contribution in [2.24, 2.45) is 0 Å². The van der Waals surface area contributed by atoms with E-state index >= 15 is 0 Å². The predicted octanol–water partition coefficient (Wildman–Crippen LogP) is 3.64. The Morgan fingerprint density at radius 1 is 1.23 bits per heavy atom. The minimum Gasteiger partial charge on any atom is -0.478 e. The smallest absolute Gasteiger partial charge is 0.335 e. The SMILES string of the molecule is CCCCC[C@H](O)CC[C@H]1CCC(=O)N1CCc1ccc(C(=O)O)cc1. The number of unbranched alkanes of at least 4 members (excludes halogenated alkanes) is 2. The summed E-state index contributed by atoms with van der Waals surface area (Å²) in [5, 5.41) is 19.1. The third-order valence-corrected chi connectivity index (χ3v) is 5.27. The van der Waals surface area contributed by atoms with Crippen molar-refractivity contribution in [3.63, 3.8) is 0 Å². The van der Waals surface area contributed by atoms with Crippen LogP contribution in [0.4, 0.5) is 0 Å². The van der Waals surface area contributed by atoms with Gasteiger partial charge in [0.2, 0.25) is 5.91 Å². The van der Waals surface area contributed by atoms with Gasteiger partial charge in [-0.2, -0.15) is 0 Å². The molecular formula is C21H31NO4. The van der Waals surface area contributed by atoms with E-state index in [1.165, 1.54) is 0 Å². The summed E-state index contributed by atoms with van der Waals surface area (Å²) in [5.74, 6) is -0.735. The van der Waals surface area contributed by atoms with Gasteiger partial charge in [0.15, 0.2) is 0 Å². The molecule has 0 spiro atoms. The predicted molar refractivity (Wildman–Crippen MR) is 101 cm³/mol. The van der Waals surface area contributed by atoms with Crippen LogP contribution in [0.25, 0.3) is 0 Å². The number of aliphatic hydroxyl groups is 1. The highest BCUT2D eigenvalue weighted by atomic mass is 16.4. The minimum absolute atomic E-state index is 0.192. The summed E-state index contributed by atoms with van der Waals surface area (Å²) in [7, 11) is 0. The fraction of sp³-hybridized carbons (Fsp3) is 0.619. The number of nitrogens with zero attached hydrogens (tertiary/aromatic N) is 1. The van der Waals surface area contributed by atoms with E-state index in [4.69, 9.17) is 5.11 Å². The van der Waals surface area contributed by atoms with Crippen molar-refractivity contribution in [1.29, 1.82) is 0 Å². The highest BCUT2D eigenvalue weighted by molar-refractivity contribution is 5.87. The van der Waals surface area contributed by atoms with Crippen LogP contribution in [0.2, 0.25) is 0 Å². The lowest BCUT2D eigenvalue weighted by molar-refractivity contribution is -0.129. The first-order chi connectivity index (χ1) is 12.5. The van der Waals surface area contributed by atoms with E-state index in [2.05, 4.69) is 6.92 Å². The molecule has 2 atom stereocenters. The van der Waals surface area contributed by atoms with E-state index in [1.54, 1.807) is 12.1 Å². The van der Waals surface area contributed by atoms with Crippen LogP contribution in [0, 0.1) is 0 Å². The highest BCUT2D eigenvalue weighted by Gasteiger charge is 2.30. The summed E-state index contributed by atoms with van der Waals surface area (Å²) >= 11 is 0. The average molecular weight is 361 g/mol. The first-order valence-corrected chi connectivity index (χ1v) is 9.81. The molecule has 0 radical (unpaired) electrons. The van der Waals surface area contributed by atoms with E-state index in [0.29, 0.717) is 13.0 Å². The molecule has 1 aromatic rings. The molecule has 2 rings (SSSR count). The molecular weight excluding hydrogens is 330 g/mol. The van der Waals surface area contributed by atoms with Crippen LogP contribution >= 0.6 is 0 Å². The zero-order chi connectivity index (χ0) is 18.9. The lowest BCUT2D eigenvalue weighted by Crippen LogP contribution is -2.35. The molecule has 0 bridgehead atoms. The van der Waals surface area contributed by atoms with Crippen LogP contribution in [-0.4, -0.2) is 45.7 Å². The second-order valence-electron chi connectivity index (χ2n) is 7.26. The maximum absolute atomic E-state index is 12.2. The van der Waals surface area contributed by atoms with Gasteiger partial charge >= 0.3 is 5.97 Å². The van der Waals surface area contributed by atoms with E-state index in [1.807, 2.05) is 17.0 Å². The summed E-state index contributed by atoms with van der Waals surface area (Å²) in [6.07, 6.45) is 7.78. The van der Waals surface area contributed by atoms with Gasteiger partial charge in [0, 0.05) is 19.0 Å². The van der Waals surface area contributed by atoms with Gasteiger partial charge in [-0.1, -0.05) is 38.3 Å². The second-order valence-corrected chi connectivity index (χ2v) is 7.26. The molecule has 0 saturated carbocycles. The fourth-order valence-electron chi connectivity index (χ4n) is 3.62. The number of benzene rings is 1. The summed E-state index contributed by atoms with van der Waals surface area (Å²) in [4.78, 5) is 25.0. The number of hydrogen-bond donors (Lipinski definition) is 2. The van der Waals surface area contributed by atoms with Crippen molar-refractivity contribution in [3.05, 3.63) is 35.4 Å². The van der Waals surface area contributed by atoms with Crippen LogP contribution in [0.3, 0.4) is 0 Å². The lowest BCUT2D eigenvalue weighted by Gasteiger charge is -2.26. The topological polar surface area (TPSA) is 77.8 Å². The Bertz CT molecular complexity index is 584. The first kappa shape index (κ1) is 20.4. The van der Waals surface area contributed by atoms with Crippen LogP contribution in [-0.2, 0) is 11.2 Å². The molecule has 1 aliphatic heterocycles. The van der Waals surface area contributed by atoms with Crippen LogP contribution in [0.15, 0.2) is 24.3 Å². The Balaban J connectivity index is 1.80. The maximum Gasteiger partial charge on any atom is 0.335 e. The van der Waals surface area contributed by atoms with E-state index in [0.717, 1.165) is 56.9 Å². The first-order valence-electron chi connectivity index (χ1n) is 9.81. The average Bonchev–Trinajstić information content (AvgIpc) is 2.98. The number of amides is 1. The molecule has 144 valence electrons. The maximum atomic E-state index is 12.2. The monoisotopic (exact) mass is 361 g/mol. The van der Waals surface area contributed by atoms with Crippen molar-refractivity contribution >= 4 is 11.9 Å². The van der Waals surface area contributed by atoms with Crippen molar-refractivity contribution in [1.82, 2.24) is 4.90 Å². The molecule has 1 aliphatic rings. The van der Waals surface area contributed by atoms with Gasteiger partial charge in [-0.05, 0) is 49.8 Å². The highest BCUT2D eigenvalue weighted by Crippen LogP contribution is 2.24. The third kappa shape index (κ3) is 6.13. The zero-order valence-electron chi connectivity index (χ0n) is 15.7. The van der Waals surface area contributed by atoms with Gasteiger partial charge in [-0.25, -0.2) is 4.79 Å². The van der Waals surface area contributed by atoms with Crippen LogP contribution in [0.1, 0.15) is 74.2 Å². The van der Waals surface area contributed by atoms with E-state index in [-0.39, 0.29) is 23.6 Å². The summed E-state index contributed by atoms with van der Waals surface area (Å²) < 4.78 is 0. The molecule has 0 aromatic heterocycles. The molecule has 5 heteroatoms. The molecule has 1 aromatic carbocycles. The Hall–Kier alpha value is -1.88. The number of aromatic carboxylic acids is 1. The minimum atomic E-state index is -0.927. The van der Waals surface area contributed by atoms with Crippen LogP contribution in [0.5, 0.6) is 0 Å². The number of carboxylic acids is 1. The fourth-order valence-corrected chi connectivity index (χ4v) is 3.62. The number of likely N-dealkylation sites (tertiary alicyclic amines) is 1. The molecule has 2 N–H and O–H groups in total. The number of aliphatic hydroxyl groups excluding tert-OH is 1. The van der Waals surface area contributed by atoms with Gasteiger partial charge in [-0.3, -0.25) is 4.79 Å². The molecule has 1 amide bonds. The summed E-state index contributed by atoms with van der Waals surface area (Å²) in [5.41, 5.74) is 1.31. The Kier molecular flexibility index (Phi) is 8.10.